The number of hydrogen-bond acceptors (Lipinski definition) is 4. The van der Waals surface area contributed by atoms with Crippen LogP contribution in [0.25, 0.3) is 0 Å². The van der Waals surface area contributed by atoms with E-state index in [-0.39, 0.29) is 5.91 Å². The van der Waals surface area contributed by atoms with E-state index in [1.54, 1.807) is 0 Å². The van der Waals surface area contributed by atoms with Crippen molar-refractivity contribution in [3.8, 4) is 0 Å². The number of carbonyl (C=O) groups excluding carboxylic acids is 1. The molecule has 1 unspecified atom stereocenters. The lowest BCUT2D eigenvalue weighted by atomic mass is 9.90. The van der Waals surface area contributed by atoms with Gasteiger partial charge in [-0.3, -0.25) is 9.48 Å². The van der Waals surface area contributed by atoms with Gasteiger partial charge in [0.25, 0.3) is 5.91 Å². The molecule has 1 aliphatic heterocycles. The average Bonchev–Trinajstić information content (AvgIpc) is 2.96. The van der Waals surface area contributed by atoms with Crippen molar-refractivity contribution >= 4 is 17.7 Å². The highest BCUT2D eigenvalue weighted by molar-refractivity contribution is 7.99. The first-order chi connectivity index (χ1) is 11.6. The van der Waals surface area contributed by atoms with Crippen molar-refractivity contribution in [1.82, 2.24) is 19.6 Å². The molecule has 1 fully saturated rings. The number of aryl methyl sites for hydroxylation is 1. The van der Waals surface area contributed by atoms with Gasteiger partial charge in [0.2, 0.25) is 0 Å². The number of rotatable bonds is 5. The van der Waals surface area contributed by atoms with Gasteiger partial charge in [0.1, 0.15) is 0 Å². The zero-order valence-corrected chi connectivity index (χ0v) is 16.1. The molecule has 6 heteroatoms. The summed E-state index contributed by atoms with van der Waals surface area (Å²) >= 11 is 1.93. The smallest absolute Gasteiger partial charge is 0.274 e. The molecule has 0 spiro atoms. The molecule has 2 heterocycles. The van der Waals surface area contributed by atoms with Gasteiger partial charge in [0.05, 0.1) is 0 Å². The van der Waals surface area contributed by atoms with E-state index in [2.05, 4.69) is 24.0 Å². The molecule has 1 amide bonds. The van der Waals surface area contributed by atoms with Crippen molar-refractivity contribution in [2.45, 2.75) is 45.1 Å². The number of unbranched alkanes of at least 4 members (excludes halogenated alkanes) is 1. The normalized spacial score (nSPS) is 21.2. The lowest BCUT2D eigenvalue weighted by molar-refractivity contribution is 0.0764. The molecule has 0 saturated carbocycles. The predicted molar refractivity (Wildman–Crippen MR) is 99.8 cm³/mol. The monoisotopic (exact) mass is 350 g/mol. The largest absolute Gasteiger partial charge is 0.336 e. The summed E-state index contributed by atoms with van der Waals surface area (Å²) in [5.41, 5.74) is 3.19. The summed E-state index contributed by atoms with van der Waals surface area (Å²) in [4.78, 5) is 17.4. The van der Waals surface area contributed by atoms with Crippen molar-refractivity contribution in [2.24, 2.45) is 7.05 Å². The van der Waals surface area contributed by atoms with Crippen LogP contribution in [-0.4, -0.2) is 69.7 Å². The van der Waals surface area contributed by atoms with Crippen molar-refractivity contribution in [3.05, 3.63) is 17.0 Å². The minimum absolute atomic E-state index is 0.143. The van der Waals surface area contributed by atoms with Crippen LogP contribution >= 0.6 is 11.8 Å². The molecule has 1 saturated heterocycles. The topological polar surface area (TPSA) is 41.4 Å². The fourth-order valence-electron chi connectivity index (χ4n) is 3.83. The van der Waals surface area contributed by atoms with Gasteiger partial charge in [0.15, 0.2) is 5.69 Å². The Morgan fingerprint density at radius 1 is 1.38 bits per heavy atom. The summed E-state index contributed by atoms with van der Waals surface area (Å²) in [6, 6.07) is 0.539. The first kappa shape index (κ1) is 17.8. The molecule has 2 aliphatic rings. The Labute approximate surface area is 149 Å². The zero-order chi connectivity index (χ0) is 17.1. The number of carbonyl (C=O) groups is 1. The molecule has 5 nitrogen and oxygen atoms in total. The Bertz CT molecular complexity index is 580. The third-order valence-electron chi connectivity index (χ3n) is 5.42. The van der Waals surface area contributed by atoms with Crippen LogP contribution in [0.3, 0.4) is 0 Å². The highest BCUT2D eigenvalue weighted by Gasteiger charge is 2.32. The van der Waals surface area contributed by atoms with Gasteiger partial charge < -0.3 is 9.80 Å². The zero-order valence-electron chi connectivity index (χ0n) is 15.3. The Hall–Kier alpha value is -1.01. The molecular weight excluding hydrogens is 320 g/mol. The SMILES string of the molecule is CCCCN(C)C1CCc2c(c(C(=O)N3CCSCC3)nn2C)C1. The van der Waals surface area contributed by atoms with Gasteiger partial charge in [-0.15, -0.1) is 0 Å². The van der Waals surface area contributed by atoms with E-state index in [4.69, 9.17) is 0 Å². The molecule has 3 rings (SSSR count). The predicted octanol–water partition coefficient (Wildman–Crippen LogP) is 2.20. The van der Waals surface area contributed by atoms with Crippen LogP contribution in [0.4, 0.5) is 0 Å². The number of amides is 1. The Kier molecular flexibility index (Phi) is 5.87. The van der Waals surface area contributed by atoms with E-state index in [1.807, 2.05) is 28.4 Å². The minimum atomic E-state index is 0.143. The molecule has 1 aliphatic carbocycles. The van der Waals surface area contributed by atoms with Crippen LogP contribution in [0.1, 0.15) is 47.9 Å². The van der Waals surface area contributed by atoms with E-state index in [9.17, 15) is 4.79 Å². The van der Waals surface area contributed by atoms with Crippen molar-refractivity contribution in [3.63, 3.8) is 0 Å². The highest BCUT2D eigenvalue weighted by Crippen LogP contribution is 2.28. The van der Waals surface area contributed by atoms with Crippen LogP contribution in [0.5, 0.6) is 0 Å². The van der Waals surface area contributed by atoms with E-state index >= 15 is 0 Å². The summed E-state index contributed by atoms with van der Waals surface area (Å²) in [6.07, 6.45) is 5.63. The fraction of sp³-hybridized carbons (Fsp3) is 0.778. The molecule has 0 bridgehead atoms. The molecule has 1 aromatic rings. The number of aromatic nitrogens is 2. The van der Waals surface area contributed by atoms with Gasteiger partial charge in [-0.05, 0) is 39.3 Å². The van der Waals surface area contributed by atoms with Gasteiger partial charge in [-0.25, -0.2) is 0 Å². The highest BCUT2D eigenvalue weighted by atomic mass is 32.2. The Morgan fingerprint density at radius 3 is 2.83 bits per heavy atom. The van der Waals surface area contributed by atoms with Crippen molar-refractivity contribution in [1.29, 1.82) is 0 Å². The Balaban J connectivity index is 1.77. The second-order valence-corrected chi connectivity index (χ2v) is 8.26. The lowest BCUT2D eigenvalue weighted by Gasteiger charge is -2.32. The van der Waals surface area contributed by atoms with Gasteiger partial charge in [0, 0.05) is 48.9 Å². The summed E-state index contributed by atoms with van der Waals surface area (Å²) in [5.74, 6) is 2.23. The average molecular weight is 351 g/mol. The second kappa shape index (κ2) is 7.91. The van der Waals surface area contributed by atoms with E-state index in [0.717, 1.165) is 44.0 Å². The Morgan fingerprint density at radius 2 is 2.12 bits per heavy atom. The van der Waals surface area contributed by atoms with Crippen molar-refractivity contribution in [2.75, 3.05) is 38.2 Å². The first-order valence-corrected chi connectivity index (χ1v) is 10.4. The first-order valence-electron chi connectivity index (χ1n) is 9.23. The fourth-order valence-corrected chi connectivity index (χ4v) is 4.73. The number of nitrogens with zero attached hydrogens (tertiary/aromatic N) is 4. The van der Waals surface area contributed by atoms with Crippen LogP contribution in [-0.2, 0) is 19.9 Å². The maximum absolute atomic E-state index is 13.0. The van der Waals surface area contributed by atoms with E-state index in [1.165, 1.54) is 30.5 Å². The van der Waals surface area contributed by atoms with Gasteiger partial charge in [-0.1, -0.05) is 13.3 Å². The number of likely N-dealkylation sites (N-methyl/N-ethyl adjacent to an activating group) is 1. The lowest BCUT2D eigenvalue weighted by Crippen LogP contribution is -2.40. The third kappa shape index (κ3) is 3.64. The van der Waals surface area contributed by atoms with Gasteiger partial charge in [-0.2, -0.15) is 16.9 Å². The van der Waals surface area contributed by atoms with E-state index < -0.39 is 0 Å². The maximum atomic E-state index is 13.0. The molecular formula is C18H30N4OS. The molecule has 0 aromatic carbocycles. The number of thioether (sulfide) groups is 1. The van der Waals surface area contributed by atoms with Crippen LogP contribution in [0.15, 0.2) is 0 Å². The molecule has 0 radical (unpaired) electrons. The van der Waals surface area contributed by atoms with Crippen LogP contribution in [0.2, 0.25) is 0 Å². The molecule has 24 heavy (non-hydrogen) atoms. The summed E-state index contributed by atoms with van der Waals surface area (Å²) < 4.78 is 1.95. The summed E-state index contributed by atoms with van der Waals surface area (Å²) in [5, 5.41) is 4.62. The summed E-state index contributed by atoms with van der Waals surface area (Å²) in [7, 11) is 4.22. The second-order valence-electron chi connectivity index (χ2n) is 7.03. The number of fused-ring (bicyclic) bond motifs is 1. The number of hydrogen-bond donors (Lipinski definition) is 0. The summed E-state index contributed by atoms with van der Waals surface area (Å²) in [6.45, 7) is 5.09. The quantitative estimate of drug-likeness (QED) is 0.816. The van der Waals surface area contributed by atoms with Gasteiger partial charge >= 0.3 is 0 Å². The molecule has 0 N–H and O–H groups in total. The minimum Gasteiger partial charge on any atom is -0.336 e. The molecule has 134 valence electrons. The van der Waals surface area contributed by atoms with Crippen molar-refractivity contribution < 1.29 is 4.79 Å². The third-order valence-corrected chi connectivity index (χ3v) is 6.36. The molecule has 1 atom stereocenters. The van der Waals surface area contributed by atoms with E-state index in [0.29, 0.717) is 11.7 Å². The molecule has 1 aromatic heterocycles. The van der Waals surface area contributed by atoms with Crippen LogP contribution < -0.4 is 0 Å². The maximum Gasteiger partial charge on any atom is 0.274 e. The standard InChI is InChI=1S/C18H30N4OS/c1-4-5-8-20(2)14-6-7-16-15(13-14)17(19-21(16)3)18(23)22-9-11-24-12-10-22/h14H,4-13H2,1-3H3. The van der Waals surface area contributed by atoms with Crippen LogP contribution in [0, 0.1) is 0 Å².